The Morgan fingerprint density at radius 2 is 2.10 bits per heavy atom. The summed E-state index contributed by atoms with van der Waals surface area (Å²) in [5.74, 6) is 1.73. The topological polar surface area (TPSA) is 57.8 Å². The fourth-order valence-electron chi connectivity index (χ4n) is 1.57. The van der Waals surface area contributed by atoms with E-state index < -0.39 is 0 Å². The number of ether oxygens (including phenoxy) is 2. The SMILES string of the molecule is COc1cc(C#N)c(/N=C\N(C)C)cc1OCCCCCl. The van der Waals surface area contributed by atoms with Crippen molar-refractivity contribution in [1.29, 1.82) is 5.26 Å². The smallest absolute Gasteiger partial charge is 0.163 e. The van der Waals surface area contributed by atoms with Crippen LogP contribution in [0.4, 0.5) is 5.69 Å². The number of halogens is 1. The van der Waals surface area contributed by atoms with Gasteiger partial charge in [-0.25, -0.2) is 4.99 Å². The summed E-state index contributed by atoms with van der Waals surface area (Å²) in [6.07, 6.45) is 3.40. The summed E-state index contributed by atoms with van der Waals surface area (Å²) in [7, 11) is 5.27. The molecule has 0 saturated heterocycles. The van der Waals surface area contributed by atoms with Crippen molar-refractivity contribution in [3.05, 3.63) is 17.7 Å². The Balaban J connectivity index is 3.00. The minimum atomic E-state index is 0.443. The molecule has 0 aliphatic heterocycles. The molecule has 0 spiro atoms. The van der Waals surface area contributed by atoms with Gasteiger partial charge in [0.1, 0.15) is 6.07 Å². The van der Waals surface area contributed by atoms with Crippen LogP contribution < -0.4 is 9.47 Å². The summed E-state index contributed by atoms with van der Waals surface area (Å²) in [4.78, 5) is 6.08. The fraction of sp³-hybridized carbons (Fsp3) is 0.467. The van der Waals surface area contributed by atoms with E-state index in [-0.39, 0.29) is 0 Å². The van der Waals surface area contributed by atoms with E-state index in [1.807, 2.05) is 14.1 Å². The van der Waals surface area contributed by atoms with Gasteiger partial charge in [0.25, 0.3) is 0 Å². The first kappa shape index (κ1) is 17.1. The van der Waals surface area contributed by atoms with Gasteiger partial charge in [-0.1, -0.05) is 0 Å². The lowest BCUT2D eigenvalue weighted by molar-refractivity contribution is 0.288. The number of rotatable bonds is 8. The lowest BCUT2D eigenvalue weighted by Gasteiger charge is -2.12. The molecule has 1 aromatic carbocycles. The molecule has 1 aromatic rings. The van der Waals surface area contributed by atoms with Crippen molar-refractivity contribution < 1.29 is 9.47 Å². The van der Waals surface area contributed by atoms with Crippen LogP contribution in [0.15, 0.2) is 17.1 Å². The zero-order chi connectivity index (χ0) is 15.7. The molecule has 0 atom stereocenters. The summed E-state index contributed by atoms with van der Waals surface area (Å²) < 4.78 is 11.0. The van der Waals surface area contributed by atoms with Gasteiger partial charge in [-0.15, -0.1) is 11.6 Å². The lowest BCUT2D eigenvalue weighted by Crippen LogP contribution is -2.07. The normalized spacial score (nSPS) is 10.4. The second-order valence-electron chi connectivity index (χ2n) is 4.58. The number of benzene rings is 1. The fourth-order valence-corrected chi connectivity index (χ4v) is 1.76. The number of aliphatic imine (C=N–C) groups is 1. The van der Waals surface area contributed by atoms with Crippen LogP contribution in [-0.2, 0) is 0 Å². The van der Waals surface area contributed by atoms with Gasteiger partial charge in [0.2, 0.25) is 0 Å². The van der Waals surface area contributed by atoms with Crippen LogP contribution in [0.2, 0.25) is 0 Å². The van der Waals surface area contributed by atoms with Crippen LogP contribution in [0.5, 0.6) is 11.5 Å². The van der Waals surface area contributed by atoms with E-state index in [1.165, 1.54) is 0 Å². The van der Waals surface area contributed by atoms with Gasteiger partial charge in [0.05, 0.1) is 31.3 Å². The first-order valence-corrected chi connectivity index (χ1v) is 7.17. The van der Waals surface area contributed by atoms with Crippen LogP contribution in [0.3, 0.4) is 0 Å². The van der Waals surface area contributed by atoms with E-state index in [9.17, 15) is 5.26 Å². The maximum Gasteiger partial charge on any atom is 0.163 e. The molecule has 0 heterocycles. The molecule has 6 heteroatoms. The number of hydrogen-bond donors (Lipinski definition) is 0. The summed E-state index contributed by atoms with van der Waals surface area (Å²) in [5.41, 5.74) is 0.998. The molecule has 5 nitrogen and oxygen atoms in total. The van der Waals surface area contributed by atoms with E-state index in [0.29, 0.717) is 35.2 Å². The third-order valence-corrected chi connectivity index (χ3v) is 2.88. The summed E-state index contributed by atoms with van der Waals surface area (Å²) in [6, 6.07) is 5.47. The number of nitrogens with zero attached hydrogens (tertiary/aromatic N) is 3. The molecule has 0 aromatic heterocycles. The number of hydrogen-bond acceptors (Lipinski definition) is 4. The van der Waals surface area contributed by atoms with Crippen molar-refractivity contribution in [3.8, 4) is 17.6 Å². The van der Waals surface area contributed by atoms with Gasteiger partial charge in [-0.2, -0.15) is 5.26 Å². The molecule has 0 N–H and O–H groups in total. The average Bonchev–Trinajstić information content (AvgIpc) is 2.49. The van der Waals surface area contributed by atoms with Crippen molar-refractivity contribution in [2.24, 2.45) is 4.99 Å². The highest BCUT2D eigenvalue weighted by Gasteiger charge is 2.11. The molecular weight excluding hydrogens is 290 g/mol. The zero-order valence-electron chi connectivity index (χ0n) is 12.6. The third kappa shape index (κ3) is 5.52. The quantitative estimate of drug-likeness (QED) is 0.320. The number of methoxy groups -OCH3 is 1. The largest absolute Gasteiger partial charge is 0.493 e. The second-order valence-corrected chi connectivity index (χ2v) is 4.96. The van der Waals surface area contributed by atoms with Crippen molar-refractivity contribution in [2.75, 3.05) is 33.7 Å². The Kier molecular flexibility index (Phi) is 7.41. The third-order valence-electron chi connectivity index (χ3n) is 2.62. The molecular formula is C15H20ClN3O2. The average molecular weight is 310 g/mol. The molecule has 0 aliphatic carbocycles. The molecule has 0 fully saturated rings. The van der Waals surface area contributed by atoms with Gasteiger partial charge >= 0.3 is 0 Å². The van der Waals surface area contributed by atoms with Crippen molar-refractivity contribution in [1.82, 2.24) is 4.90 Å². The lowest BCUT2D eigenvalue weighted by atomic mass is 10.1. The van der Waals surface area contributed by atoms with Crippen molar-refractivity contribution in [3.63, 3.8) is 0 Å². The van der Waals surface area contributed by atoms with Crippen LogP contribution in [0, 0.1) is 11.3 Å². The van der Waals surface area contributed by atoms with E-state index in [1.54, 1.807) is 30.5 Å². The van der Waals surface area contributed by atoms with Crippen LogP contribution in [0.25, 0.3) is 0 Å². The van der Waals surface area contributed by atoms with Gasteiger partial charge in [0.15, 0.2) is 11.5 Å². The zero-order valence-corrected chi connectivity index (χ0v) is 13.4. The van der Waals surface area contributed by atoms with E-state index in [4.69, 9.17) is 21.1 Å². The number of nitriles is 1. The Bertz CT molecular complexity index is 524. The van der Waals surface area contributed by atoms with Gasteiger partial charge in [-0.05, 0) is 12.8 Å². The highest BCUT2D eigenvalue weighted by Crippen LogP contribution is 2.34. The molecule has 0 unspecified atom stereocenters. The molecule has 114 valence electrons. The predicted octanol–water partition coefficient (Wildman–Crippen LogP) is 3.19. The first-order chi connectivity index (χ1) is 10.1. The summed E-state index contributed by atoms with van der Waals surface area (Å²) >= 11 is 5.64. The highest BCUT2D eigenvalue weighted by molar-refractivity contribution is 6.17. The monoisotopic (exact) mass is 309 g/mol. The van der Waals surface area contributed by atoms with E-state index >= 15 is 0 Å². The maximum absolute atomic E-state index is 9.19. The van der Waals surface area contributed by atoms with E-state index in [2.05, 4.69) is 11.1 Å². The Hall–Kier alpha value is -1.93. The Labute approximate surface area is 130 Å². The van der Waals surface area contributed by atoms with Gasteiger partial charge < -0.3 is 14.4 Å². The predicted molar refractivity (Wildman–Crippen MR) is 85.0 cm³/mol. The Morgan fingerprint density at radius 1 is 1.33 bits per heavy atom. The number of unbranched alkanes of at least 4 members (excludes halogenated alkanes) is 1. The van der Waals surface area contributed by atoms with Crippen LogP contribution >= 0.6 is 11.6 Å². The maximum atomic E-state index is 9.19. The van der Waals surface area contributed by atoms with Gasteiger partial charge in [0, 0.05) is 32.1 Å². The van der Waals surface area contributed by atoms with Crippen LogP contribution in [0.1, 0.15) is 18.4 Å². The standard InChI is InChI=1S/C15H20ClN3O2/c1-19(2)11-18-13-9-15(21-7-5-4-6-16)14(20-3)8-12(13)10-17/h8-9,11H,4-7H2,1-3H3/b18-11-. The molecule has 0 amide bonds. The van der Waals surface area contributed by atoms with Crippen molar-refractivity contribution >= 4 is 23.6 Å². The van der Waals surface area contributed by atoms with Gasteiger partial charge in [-0.3, -0.25) is 0 Å². The van der Waals surface area contributed by atoms with Crippen LogP contribution in [-0.4, -0.2) is 44.9 Å². The van der Waals surface area contributed by atoms with E-state index in [0.717, 1.165) is 12.8 Å². The molecule has 0 radical (unpaired) electrons. The summed E-state index contributed by atoms with van der Waals surface area (Å²) in [6.45, 7) is 0.547. The molecule has 0 saturated carbocycles. The second kappa shape index (κ2) is 9.09. The molecule has 0 bridgehead atoms. The minimum Gasteiger partial charge on any atom is -0.493 e. The van der Waals surface area contributed by atoms with Crippen molar-refractivity contribution in [2.45, 2.75) is 12.8 Å². The highest BCUT2D eigenvalue weighted by atomic mass is 35.5. The number of alkyl halides is 1. The minimum absolute atomic E-state index is 0.443. The summed E-state index contributed by atoms with van der Waals surface area (Å²) in [5, 5.41) is 9.19. The Morgan fingerprint density at radius 3 is 2.67 bits per heavy atom. The first-order valence-electron chi connectivity index (χ1n) is 6.64. The molecule has 0 aliphatic rings. The molecule has 1 rings (SSSR count). The molecule has 21 heavy (non-hydrogen) atoms.